The summed E-state index contributed by atoms with van der Waals surface area (Å²) in [5.74, 6) is -0.169. The van der Waals surface area contributed by atoms with Crippen molar-refractivity contribution in [2.45, 2.75) is 6.42 Å². The number of hydrazone groups is 1. The minimum absolute atomic E-state index is 0.0709. The molecule has 0 saturated heterocycles. The monoisotopic (exact) mass is 343 g/mol. The van der Waals surface area contributed by atoms with Crippen molar-refractivity contribution in [3.8, 4) is 5.75 Å². The Morgan fingerprint density at radius 2 is 2.00 bits per heavy atom. The minimum Gasteiger partial charge on any atom is -0.507 e. The van der Waals surface area contributed by atoms with Gasteiger partial charge in [-0.3, -0.25) is 4.79 Å². The molecule has 0 bridgehead atoms. The Bertz CT molecular complexity index is 742. The number of allylic oxidation sites excluding steroid dienone is 1. The van der Waals surface area contributed by atoms with Gasteiger partial charge in [-0.25, -0.2) is 5.43 Å². The van der Waals surface area contributed by atoms with Crippen LogP contribution in [0.25, 0.3) is 0 Å². The molecule has 2 aromatic rings. The van der Waals surface area contributed by atoms with E-state index < -0.39 is 0 Å². The van der Waals surface area contributed by atoms with E-state index in [1.165, 1.54) is 6.21 Å². The Morgan fingerprint density at radius 1 is 1.25 bits per heavy atom. The standard InChI is InChI=1S/C18H18ClN3O2/c1-2-4-13-5-3-6-14(18(13)24)11-21-22-17(23)12-20-16-9-7-15(19)8-10-16/h2-3,5-11,20,24H,1,4,12H2,(H,22,23)/b21-11-. The molecule has 0 aliphatic heterocycles. The molecule has 0 unspecified atom stereocenters. The number of phenolic OH excluding ortho intramolecular Hbond substituents is 1. The summed E-state index contributed by atoms with van der Waals surface area (Å²) in [7, 11) is 0. The van der Waals surface area contributed by atoms with Gasteiger partial charge in [-0.05, 0) is 42.3 Å². The number of anilines is 1. The molecule has 6 heteroatoms. The molecule has 2 aromatic carbocycles. The number of nitrogens with one attached hydrogen (secondary N) is 2. The molecule has 24 heavy (non-hydrogen) atoms. The number of rotatable bonds is 7. The van der Waals surface area contributed by atoms with Gasteiger partial charge in [-0.2, -0.15) is 5.10 Å². The van der Waals surface area contributed by atoms with Gasteiger partial charge in [0.15, 0.2) is 0 Å². The second-order valence-electron chi connectivity index (χ2n) is 5.00. The molecule has 3 N–H and O–H groups in total. The lowest BCUT2D eigenvalue weighted by atomic mass is 10.1. The number of amides is 1. The van der Waals surface area contributed by atoms with E-state index in [1.807, 2.05) is 12.1 Å². The summed E-state index contributed by atoms with van der Waals surface area (Å²) in [6.45, 7) is 3.72. The van der Waals surface area contributed by atoms with E-state index in [4.69, 9.17) is 11.6 Å². The number of nitrogens with zero attached hydrogens (tertiary/aromatic N) is 1. The highest BCUT2D eigenvalue weighted by molar-refractivity contribution is 6.30. The Balaban J connectivity index is 1.87. The molecular formula is C18H18ClN3O2. The van der Waals surface area contributed by atoms with E-state index in [-0.39, 0.29) is 18.2 Å². The van der Waals surface area contributed by atoms with Crippen molar-refractivity contribution in [3.05, 3.63) is 71.3 Å². The molecule has 0 heterocycles. The molecule has 0 fully saturated rings. The van der Waals surface area contributed by atoms with E-state index in [2.05, 4.69) is 22.4 Å². The number of carbonyl (C=O) groups is 1. The summed E-state index contributed by atoms with van der Waals surface area (Å²) in [5, 5.41) is 17.5. The molecule has 0 aromatic heterocycles. The average molecular weight is 344 g/mol. The van der Waals surface area contributed by atoms with Crippen molar-refractivity contribution < 1.29 is 9.90 Å². The topological polar surface area (TPSA) is 73.7 Å². The molecule has 0 radical (unpaired) electrons. The Labute approximate surface area is 145 Å². The van der Waals surface area contributed by atoms with E-state index in [9.17, 15) is 9.90 Å². The Kier molecular flexibility index (Phi) is 6.40. The van der Waals surface area contributed by atoms with Crippen LogP contribution in [0.4, 0.5) is 5.69 Å². The lowest BCUT2D eigenvalue weighted by Crippen LogP contribution is -2.25. The number of phenols is 1. The molecule has 0 aliphatic rings. The minimum atomic E-state index is -0.303. The first-order valence-electron chi connectivity index (χ1n) is 7.33. The Hall–Kier alpha value is -2.79. The van der Waals surface area contributed by atoms with E-state index in [1.54, 1.807) is 36.4 Å². The number of benzene rings is 2. The first-order valence-corrected chi connectivity index (χ1v) is 7.71. The average Bonchev–Trinajstić information content (AvgIpc) is 2.58. The molecule has 0 saturated carbocycles. The van der Waals surface area contributed by atoms with Gasteiger partial charge in [-0.1, -0.05) is 29.8 Å². The van der Waals surface area contributed by atoms with Crippen molar-refractivity contribution in [1.82, 2.24) is 5.43 Å². The van der Waals surface area contributed by atoms with Crippen molar-refractivity contribution in [2.24, 2.45) is 5.10 Å². The second kappa shape index (κ2) is 8.74. The van der Waals surface area contributed by atoms with Gasteiger partial charge in [0.1, 0.15) is 5.75 Å². The third-order valence-corrected chi connectivity index (χ3v) is 3.46. The van der Waals surface area contributed by atoms with Gasteiger partial charge in [0.2, 0.25) is 0 Å². The van der Waals surface area contributed by atoms with Gasteiger partial charge in [0.25, 0.3) is 5.91 Å². The van der Waals surface area contributed by atoms with E-state index >= 15 is 0 Å². The lowest BCUT2D eigenvalue weighted by Gasteiger charge is -2.06. The summed E-state index contributed by atoms with van der Waals surface area (Å²) in [5.41, 5.74) is 4.47. The van der Waals surface area contributed by atoms with Crippen LogP contribution in [0.1, 0.15) is 11.1 Å². The molecule has 0 spiro atoms. The smallest absolute Gasteiger partial charge is 0.259 e. The van der Waals surface area contributed by atoms with Crippen molar-refractivity contribution in [3.63, 3.8) is 0 Å². The number of hydrogen-bond acceptors (Lipinski definition) is 4. The zero-order valence-electron chi connectivity index (χ0n) is 13.0. The maximum absolute atomic E-state index is 11.7. The fourth-order valence-electron chi connectivity index (χ4n) is 2.00. The third kappa shape index (κ3) is 5.14. The van der Waals surface area contributed by atoms with Gasteiger partial charge in [-0.15, -0.1) is 6.58 Å². The summed E-state index contributed by atoms with van der Waals surface area (Å²) in [6.07, 6.45) is 3.67. The van der Waals surface area contributed by atoms with Crippen LogP contribution in [-0.4, -0.2) is 23.8 Å². The van der Waals surface area contributed by atoms with Gasteiger partial charge >= 0.3 is 0 Å². The number of carbonyl (C=O) groups excluding carboxylic acids is 1. The van der Waals surface area contributed by atoms with Crippen LogP contribution in [0, 0.1) is 0 Å². The fourth-order valence-corrected chi connectivity index (χ4v) is 2.13. The first-order chi connectivity index (χ1) is 11.6. The maximum atomic E-state index is 11.7. The van der Waals surface area contributed by atoms with Crippen molar-refractivity contribution in [1.29, 1.82) is 0 Å². The molecule has 124 valence electrons. The summed E-state index contributed by atoms with van der Waals surface area (Å²) in [6, 6.07) is 12.4. The number of aromatic hydroxyl groups is 1. The van der Waals surface area contributed by atoms with Crippen LogP contribution in [-0.2, 0) is 11.2 Å². The quantitative estimate of drug-likeness (QED) is 0.410. The summed E-state index contributed by atoms with van der Waals surface area (Å²) < 4.78 is 0. The van der Waals surface area contributed by atoms with Gasteiger partial charge in [0.05, 0.1) is 12.8 Å². The lowest BCUT2D eigenvalue weighted by molar-refractivity contribution is -0.119. The number of hydrogen-bond donors (Lipinski definition) is 3. The van der Waals surface area contributed by atoms with Crippen molar-refractivity contribution in [2.75, 3.05) is 11.9 Å². The molecular weight excluding hydrogens is 326 g/mol. The van der Waals surface area contributed by atoms with Crippen LogP contribution >= 0.6 is 11.6 Å². The van der Waals surface area contributed by atoms with Gasteiger partial charge in [0, 0.05) is 16.3 Å². The first kappa shape index (κ1) is 17.6. The Morgan fingerprint density at radius 3 is 2.71 bits per heavy atom. The molecule has 0 atom stereocenters. The molecule has 5 nitrogen and oxygen atoms in total. The highest BCUT2D eigenvalue weighted by Crippen LogP contribution is 2.21. The van der Waals surface area contributed by atoms with E-state index in [0.717, 1.165) is 11.3 Å². The maximum Gasteiger partial charge on any atom is 0.259 e. The molecule has 2 rings (SSSR count). The fraction of sp³-hybridized carbons (Fsp3) is 0.111. The van der Waals surface area contributed by atoms with Crippen LogP contribution in [0.3, 0.4) is 0 Å². The zero-order valence-corrected chi connectivity index (χ0v) is 13.8. The largest absolute Gasteiger partial charge is 0.507 e. The SMILES string of the molecule is C=CCc1cccc(/C=N\NC(=O)CNc2ccc(Cl)cc2)c1O. The number of para-hydroxylation sites is 1. The summed E-state index contributed by atoms with van der Waals surface area (Å²) >= 11 is 5.79. The third-order valence-electron chi connectivity index (χ3n) is 3.21. The number of halogens is 1. The normalized spacial score (nSPS) is 10.5. The van der Waals surface area contributed by atoms with Crippen LogP contribution in [0.2, 0.25) is 5.02 Å². The predicted molar refractivity (Wildman–Crippen MR) is 97.7 cm³/mol. The molecule has 0 aliphatic carbocycles. The van der Waals surface area contributed by atoms with Crippen LogP contribution < -0.4 is 10.7 Å². The predicted octanol–water partition coefficient (Wildman–Crippen LogP) is 3.34. The highest BCUT2D eigenvalue weighted by atomic mass is 35.5. The zero-order chi connectivity index (χ0) is 17.4. The van der Waals surface area contributed by atoms with E-state index in [0.29, 0.717) is 17.0 Å². The van der Waals surface area contributed by atoms with Gasteiger partial charge < -0.3 is 10.4 Å². The van der Waals surface area contributed by atoms with Crippen molar-refractivity contribution >= 4 is 29.4 Å². The second-order valence-corrected chi connectivity index (χ2v) is 5.44. The highest BCUT2D eigenvalue weighted by Gasteiger charge is 2.04. The summed E-state index contributed by atoms with van der Waals surface area (Å²) in [4.78, 5) is 11.7. The van der Waals surface area contributed by atoms with Crippen LogP contribution in [0.15, 0.2) is 60.2 Å². The molecule has 1 amide bonds. The van der Waals surface area contributed by atoms with Crippen LogP contribution in [0.5, 0.6) is 5.75 Å².